The standard InChI is InChI=1S/C10H18ClN3S/c1-5-8(6-15-4)14-9(7(2)3)12-13-10(14)11/h7-8H,5-6H2,1-4H3. The Hall–Kier alpha value is -0.220. The predicted octanol–water partition coefficient (Wildman–Crippen LogP) is 3.37. The van der Waals surface area contributed by atoms with Crippen LogP contribution >= 0.6 is 23.4 Å². The van der Waals surface area contributed by atoms with E-state index in [1.165, 1.54) is 0 Å². The van der Waals surface area contributed by atoms with Crippen LogP contribution in [0.1, 0.15) is 45.0 Å². The molecule has 0 fully saturated rings. The minimum Gasteiger partial charge on any atom is -0.298 e. The second kappa shape index (κ2) is 5.75. The summed E-state index contributed by atoms with van der Waals surface area (Å²) in [5, 5.41) is 8.61. The predicted molar refractivity (Wildman–Crippen MR) is 66.8 cm³/mol. The van der Waals surface area contributed by atoms with Crippen LogP contribution in [0.2, 0.25) is 5.28 Å². The third kappa shape index (κ3) is 2.88. The van der Waals surface area contributed by atoms with E-state index in [9.17, 15) is 0 Å². The van der Waals surface area contributed by atoms with E-state index in [2.05, 4.69) is 41.8 Å². The van der Waals surface area contributed by atoms with E-state index < -0.39 is 0 Å². The van der Waals surface area contributed by atoms with Gasteiger partial charge in [-0.2, -0.15) is 11.8 Å². The van der Waals surface area contributed by atoms with Gasteiger partial charge in [0.1, 0.15) is 5.82 Å². The summed E-state index contributed by atoms with van der Waals surface area (Å²) in [7, 11) is 0. The van der Waals surface area contributed by atoms with E-state index in [4.69, 9.17) is 11.6 Å². The summed E-state index contributed by atoms with van der Waals surface area (Å²) in [5.74, 6) is 2.40. The van der Waals surface area contributed by atoms with Crippen molar-refractivity contribution in [1.29, 1.82) is 0 Å². The van der Waals surface area contributed by atoms with Crippen molar-refractivity contribution in [3.05, 3.63) is 11.1 Å². The first kappa shape index (κ1) is 12.8. The molecule has 1 unspecified atom stereocenters. The highest BCUT2D eigenvalue weighted by Gasteiger charge is 2.19. The molecule has 0 bridgehead atoms. The van der Waals surface area contributed by atoms with E-state index >= 15 is 0 Å². The molecule has 0 saturated heterocycles. The van der Waals surface area contributed by atoms with Gasteiger partial charge in [0.15, 0.2) is 0 Å². The average Bonchev–Trinajstić information content (AvgIpc) is 2.57. The fraction of sp³-hybridized carbons (Fsp3) is 0.800. The highest BCUT2D eigenvalue weighted by atomic mass is 35.5. The van der Waals surface area contributed by atoms with Crippen LogP contribution in [0, 0.1) is 0 Å². The van der Waals surface area contributed by atoms with Crippen molar-refractivity contribution in [2.24, 2.45) is 0 Å². The zero-order chi connectivity index (χ0) is 11.4. The Morgan fingerprint density at radius 3 is 2.53 bits per heavy atom. The van der Waals surface area contributed by atoms with Gasteiger partial charge in [0, 0.05) is 17.7 Å². The molecule has 0 aliphatic heterocycles. The Balaban J connectivity index is 3.03. The summed E-state index contributed by atoms with van der Waals surface area (Å²) >= 11 is 7.91. The SMILES string of the molecule is CCC(CSC)n1c(Cl)nnc1C(C)C. The Morgan fingerprint density at radius 2 is 2.07 bits per heavy atom. The van der Waals surface area contributed by atoms with Crippen LogP contribution in [0.25, 0.3) is 0 Å². The van der Waals surface area contributed by atoms with E-state index in [1.54, 1.807) is 0 Å². The normalized spacial score (nSPS) is 13.5. The van der Waals surface area contributed by atoms with Gasteiger partial charge in [-0.1, -0.05) is 20.8 Å². The maximum Gasteiger partial charge on any atom is 0.225 e. The molecule has 1 atom stereocenters. The molecule has 86 valence electrons. The second-order valence-corrected chi connectivity index (χ2v) is 5.12. The number of aromatic nitrogens is 3. The van der Waals surface area contributed by atoms with Gasteiger partial charge in [-0.3, -0.25) is 4.57 Å². The van der Waals surface area contributed by atoms with Crippen molar-refractivity contribution in [3.63, 3.8) is 0 Å². The highest BCUT2D eigenvalue weighted by Crippen LogP contribution is 2.25. The van der Waals surface area contributed by atoms with Crippen LogP contribution in [0.3, 0.4) is 0 Å². The Bertz CT molecular complexity index is 312. The molecule has 0 aliphatic carbocycles. The third-order valence-electron chi connectivity index (χ3n) is 2.39. The molecule has 0 N–H and O–H groups in total. The molecular weight excluding hydrogens is 230 g/mol. The van der Waals surface area contributed by atoms with Crippen LogP contribution in [0.4, 0.5) is 0 Å². The van der Waals surface area contributed by atoms with Crippen LogP contribution < -0.4 is 0 Å². The summed E-state index contributed by atoms with van der Waals surface area (Å²) in [6, 6.07) is 0.403. The summed E-state index contributed by atoms with van der Waals surface area (Å²) in [6.45, 7) is 6.40. The van der Waals surface area contributed by atoms with Crippen molar-refractivity contribution in [1.82, 2.24) is 14.8 Å². The first-order chi connectivity index (χ1) is 7.11. The second-order valence-electron chi connectivity index (χ2n) is 3.87. The van der Waals surface area contributed by atoms with Crippen molar-refractivity contribution < 1.29 is 0 Å². The molecule has 0 spiro atoms. The maximum atomic E-state index is 6.08. The molecule has 0 saturated carbocycles. The van der Waals surface area contributed by atoms with E-state index in [0.717, 1.165) is 18.0 Å². The smallest absolute Gasteiger partial charge is 0.225 e. The topological polar surface area (TPSA) is 30.7 Å². The van der Waals surface area contributed by atoms with Gasteiger partial charge >= 0.3 is 0 Å². The first-order valence-corrected chi connectivity index (χ1v) is 6.98. The van der Waals surface area contributed by atoms with Gasteiger partial charge in [-0.25, -0.2) is 0 Å². The summed E-state index contributed by atoms with van der Waals surface area (Å²) in [6.07, 6.45) is 3.16. The maximum absolute atomic E-state index is 6.08. The van der Waals surface area contributed by atoms with Gasteiger partial charge in [-0.05, 0) is 24.3 Å². The molecular formula is C10H18ClN3S. The monoisotopic (exact) mass is 247 g/mol. The van der Waals surface area contributed by atoms with Crippen molar-refractivity contribution in [2.45, 2.75) is 39.2 Å². The quantitative estimate of drug-likeness (QED) is 0.799. The van der Waals surface area contributed by atoms with Crippen molar-refractivity contribution in [3.8, 4) is 0 Å². The molecule has 3 nitrogen and oxygen atoms in total. The Labute approximate surface area is 101 Å². The molecule has 0 amide bonds. The minimum absolute atomic E-state index is 0.362. The zero-order valence-corrected chi connectivity index (χ0v) is 11.3. The van der Waals surface area contributed by atoms with E-state index in [-0.39, 0.29) is 0 Å². The highest BCUT2D eigenvalue weighted by molar-refractivity contribution is 7.98. The van der Waals surface area contributed by atoms with Gasteiger partial charge < -0.3 is 0 Å². The van der Waals surface area contributed by atoms with E-state index in [1.807, 2.05) is 11.8 Å². The lowest BCUT2D eigenvalue weighted by molar-refractivity contribution is 0.505. The largest absolute Gasteiger partial charge is 0.298 e. The number of hydrogen-bond donors (Lipinski definition) is 0. The van der Waals surface area contributed by atoms with Crippen molar-refractivity contribution in [2.75, 3.05) is 12.0 Å². The van der Waals surface area contributed by atoms with E-state index in [0.29, 0.717) is 17.2 Å². The molecule has 1 aromatic rings. The van der Waals surface area contributed by atoms with Crippen LogP contribution in [-0.2, 0) is 0 Å². The van der Waals surface area contributed by atoms with Crippen LogP contribution in [0.5, 0.6) is 0 Å². The number of nitrogens with zero attached hydrogens (tertiary/aromatic N) is 3. The molecule has 0 aromatic carbocycles. The number of thioether (sulfide) groups is 1. The summed E-state index contributed by atoms with van der Waals surface area (Å²) in [5.41, 5.74) is 0. The van der Waals surface area contributed by atoms with Gasteiger partial charge in [0.2, 0.25) is 5.28 Å². The lowest BCUT2D eigenvalue weighted by Crippen LogP contribution is -2.15. The first-order valence-electron chi connectivity index (χ1n) is 5.21. The third-order valence-corrected chi connectivity index (χ3v) is 3.37. The minimum atomic E-state index is 0.362. The molecule has 0 radical (unpaired) electrons. The molecule has 1 rings (SSSR count). The number of hydrogen-bond acceptors (Lipinski definition) is 3. The fourth-order valence-corrected chi connectivity index (χ4v) is 2.61. The molecule has 1 aromatic heterocycles. The van der Waals surface area contributed by atoms with Crippen LogP contribution in [-0.4, -0.2) is 26.8 Å². The average molecular weight is 248 g/mol. The lowest BCUT2D eigenvalue weighted by Gasteiger charge is -2.19. The Morgan fingerprint density at radius 1 is 1.40 bits per heavy atom. The summed E-state index contributed by atoms with van der Waals surface area (Å²) < 4.78 is 2.07. The van der Waals surface area contributed by atoms with Crippen LogP contribution in [0.15, 0.2) is 0 Å². The number of rotatable bonds is 5. The van der Waals surface area contributed by atoms with Gasteiger partial charge in [-0.15, -0.1) is 10.2 Å². The van der Waals surface area contributed by atoms with Gasteiger partial charge in [0.25, 0.3) is 0 Å². The molecule has 1 heterocycles. The molecule has 0 aliphatic rings. The fourth-order valence-electron chi connectivity index (χ4n) is 1.58. The van der Waals surface area contributed by atoms with Gasteiger partial charge in [0.05, 0.1) is 0 Å². The molecule has 5 heteroatoms. The van der Waals surface area contributed by atoms with Crippen molar-refractivity contribution >= 4 is 23.4 Å². The number of halogens is 1. The Kier molecular flexibility index (Phi) is 4.93. The molecule has 15 heavy (non-hydrogen) atoms. The lowest BCUT2D eigenvalue weighted by atomic mass is 10.2. The summed E-state index contributed by atoms with van der Waals surface area (Å²) in [4.78, 5) is 0. The zero-order valence-electron chi connectivity index (χ0n) is 9.70.